The predicted molar refractivity (Wildman–Crippen MR) is 139 cm³/mol. The van der Waals surface area contributed by atoms with Crippen LogP contribution in [-0.2, 0) is 9.59 Å². The van der Waals surface area contributed by atoms with Crippen molar-refractivity contribution in [2.75, 3.05) is 25.0 Å². The Balaban J connectivity index is 0.000000717. The molecule has 0 saturated heterocycles. The number of aliphatic hydroxyl groups is 4. The van der Waals surface area contributed by atoms with Gasteiger partial charge in [-0.15, -0.1) is 0 Å². The molecule has 9 N–H and O–H groups in total. The number of nitrogens with one attached hydrogen (secondary N) is 3. The van der Waals surface area contributed by atoms with Gasteiger partial charge in [0.15, 0.2) is 0 Å². The van der Waals surface area contributed by atoms with E-state index in [9.17, 15) is 30.0 Å². The number of carbonyl (C=O) groups excluding carboxylic acids is 2. The molecule has 0 aliphatic carbocycles. The Labute approximate surface area is 214 Å². The van der Waals surface area contributed by atoms with Gasteiger partial charge < -0.3 is 46.4 Å². The molecule has 0 heterocycles. The molecule has 36 heavy (non-hydrogen) atoms. The summed E-state index contributed by atoms with van der Waals surface area (Å²) in [6, 6.07) is 6.47. The van der Waals surface area contributed by atoms with Gasteiger partial charge in [0, 0.05) is 30.6 Å². The van der Waals surface area contributed by atoms with E-state index in [0.29, 0.717) is 37.1 Å². The van der Waals surface area contributed by atoms with E-state index in [1.54, 1.807) is 39.0 Å². The summed E-state index contributed by atoms with van der Waals surface area (Å²) in [5.74, 6) is -0.240. The smallest absolute Gasteiger partial charge is 0.423 e. The van der Waals surface area contributed by atoms with Gasteiger partial charge in [-0.05, 0) is 37.0 Å². The van der Waals surface area contributed by atoms with Crippen LogP contribution in [0, 0.1) is 11.8 Å². The van der Waals surface area contributed by atoms with E-state index in [2.05, 4.69) is 16.0 Å². The van der Waals surface area contributed by atoms with Gasteiger partial charge >= 0.3 is 7.12 Å². The fourth-order valence-electron chi connectivity index (χ4n) is 2.76. The van der Waals surface area contributed by atoms with E-state index >= 15 is 0 Å². The van der Waals surface area contributed by atoms with E-state index in [4.69, 9.17) is 10.0 Å². The van der Waals surface area contributed by atoms with Crippen molar-refractivity contribution < 1.29 is 40.1 Å². The van der Waals surface area contributed by atoms with Crippen molar-refractivity contribution in [2.45, 2.75) is 71.9 Å². The van der Waals surface area contributed by atoms with Crippen LogP contribution in [-0.4, -0.2) is 93.5 Å². The van der Waals surface area contributed by atoms with Gasteiger partial charge in [-0.25, -0.2) is 0 Å². The van der Waals surface area contributed by atoms with Crippen molar-refractivity contribution in [3.8, 4) is 0 Å². The maximum atomic E-state index is 11.4. The maximum Gasteiger partial charge on any atom is 0.488 e. The quantitative estimate of drug-likeness (QED) is 0.106. The molecule has 0 aliphatic rings. The largest absolute Gasteiger partial charge is 0.488 e. The molecule has 12 heteroatoms. The lowest BCUT2D eigenvalue weighted by Gasteiger charge is -2.26. The maximum absolute atomic E-state index is 11.4. The minimum absolute atomic E-state index is 0.00197. The van der Waals surface area contributed by atoms with Gasteiger partial charge in [0.1, 0.15) is 12.2 Å². The Kier molecular flexibility index (Phi) is 17.2. The number of aliphatic hydroxyl groups excluding tert-OH is 4. The molecule has 0 radical (unpaired) electrons. The van der Waals surface area contributed by atoms with Crippen molar-refractivity contribution in [3.05, 3.63) is 24.3 Å². The molecule has 11 nitrogen and oxygen atoms in total. The van der Waals surface area contributed by atoms with Crippen molar-refractivity contribution in [2.24, 2.45) is 11.8 Å². The van der Waals surface area contributed by atoms with Crippen molar-refractivity contribution in [1.82, 2.24) is 10.6 Å². The van der Waals surface area contributed by atoms with Crippen LogP contribution in [0.4, 0.5) is 5.69 Å². The monoisotopic (exact) mass is 513 g/mol. The first kappa shape index (κ1) is 33.9. The molecule has 1 aromatic carbocycles. The molecule has 1 rings (SSSR count). The summed E-state index contributed by atoms with van der Waals surface area (Å²) in [4.78, 5) is 22.6. The Hall–Kier alpha value is -2.06. The summed E-state index contributed by atoms with van der Waals surface area (Å²) < 4.78 is 0. The third-order valence-electron chi connectivity index (χ3n) is 5.24. The average Bonchev–Trinajstić information content (AvgIpc) is 2.84. The summed E-state index contributed by atoms with van der Waals surface area (Å²) in [7, 11) is -1.51. The summed E-state index contributed by atoms with van der Waals surface area (Å²) in [5, 5.41) is 64.6. The van der Waals surface area contributed by atoms with Crippen molar-refractivity contribution in [3.63, 3.8) is 0 Å². The van der Waals surface area contributed by atoms with Gasteiger partial charge in [-0.2, -0.15) is 0 Å². The van der Waals surface area contributed by atoms with E-state index < -0.39 is 31.5 Å². The van der Waals surface area contributed by atoms with Crippen LogP contribution in [0.2, 0.25) is 0 Å². The minimum atomic E-state index is -1.51. The standard InChI is InChI=1S/C14H30N2O5.C10H14BNO3/c1-4-10(17)12(19)13(20)11(18)8-15-6-5-7-16-14(21)9(2)3;1-7(2)10(13)12-9-5-3-4-8(6-9)11(14)15/h9-13,15,17-20H,4-8H2,1-3H3,(H,16,21);3-7,14-15H,1-2H3,(H,12,13). The fourth-order valence-corrected chi connectivity index (χ4v) is 2.76. The predicted octanol–water partition coefficient (Wildman–Crippen LogP) is -1.45. The van der Waals surface area contributed by atoms with Crippen LogP contribution in [0.5, 0.6) is 0 Å². The summed E-state index contributed by atoms with van der Waals surface area (Å²) in [6.45, 7) is 10.1. The Morgan fingerprint density at radius 3 is 2.00 bits per heavy atom. The van der Waals surface area contributed by atoms with E-state index in [1.165, 1.54) is 6.07 Å². The highest BCUT2D eigenvalue weighted by molar-refractivity contribution is 6.58. The van der Waals surface area contributed by atoms with Gasteiger partial charge in [0.25, 0.3) is 0 Å². The lowest BCUT2D eigenvalue weighted by molar-refractivity contribution is -0.124. The van der Waals surface area contributed by atoms with E-state index in [1.807, 2.05) is 13.8 Å². The second-order valence-electron chi connectivity index (χ2n) is 9.17. The van der Waals surface area contributed by atoms with Gasteiger partial charge in [-0.3, -0.25) is 9.59 Å². The normalized spacial score (nSPS) is 14.4. The first-order valence-corrected chi connectivity index (χ1v) is 12.3. The number of hydrogen-bond acceptors (Lipinski definition) is 9. The zero-order valence-corrected chi connectivity index (χ0v) is 21.9. The van der Waals surface area contributed by atoms with Crippen LogP contribution < -0.4 is 21.4 Å². The Bertz CT molecular complexity index is 767. The first-order valence-electron chi connectivity index (χ1n) is 12.3. The molecule has 4 atom stereocenters. The molecule has 0 fully saturated rings. The molecule has 0 spiro atoms. The topological polar surface area (TPSA) is 192 Å². The second kappa shape index (κ2) is 18.2. The van der Waals surface area contributed by atoms with Crippen LogP contribution in [0.15, 0.2) is 24.3 Å². The van der Waals surface area contributed by atoms with Crippen LogP contribution in [0.1, 0.15) is 47.5 Å². The number of rotatable bonds is 14. The highest BCUT2D eigenvalue weighted by Crippen LogP contribution is 2.08. The Morgan fingerprint density at radius 2 is 1.47 bits per heavy atom. The third kappa shape index (κ3) is 13.9. The van der Waals surface area contributed by atoms with Gasteiger partial charge in [0.05, 0.1) is 12.2 Å². The number of amides is 2. The second-order valence-corrected chi connectivity index (χ2v) is 9.17. The highest BCUT2D eigenvalue weighted by atomic mass is 16.4. The summed E-state index contributed by atoms with van der Waals surface area (Å²) in [6.07, 6.45) is -3.98. The first-order chi connectivity index (χ1) is 16.8. The van der Waals surface area contributed by atoms with E-state index in [0.717, 1.165) is 0 Å². The molecule has 0 bridgehead atoms. The zero-order chi connectivity index (χ0) is 27.8. The molecular weight excluding hydrogens is 469 g/mol. The number of carbonyl (C=O) groups is 2. The molecule has 0 aromatic heterocycles. The SMILES string of the molecule is CC(C)C(=O)Nc1cccc(B(O)O)c1.CCC(O)C(O)C(O)C(O)CNCCCNC(=O)C(C)C. The average molecular weight is 513 g/mol. The van der Waals surface area contributed by atoms with Gasteiger partial charge in [0.2, 0.25) is 11.8 Å². The molecular formula is C24H44BN3O8. The van der Waals surface area contributed by atoms with Crippen LogP contribution in [0.3, 0.4) is 0 Å². The molecule has 0 aliphatic heterocycles. The number of benzene rings is 1. The summed E-state index contributed by atoms with van der Waals surface area (Å²) >= 11 is 0. The fraction of sp³-hybridized carbons (Fsp3) is 0.667. The van der Waals surface area contributed by atoms with E-state index in [-0.39, 0.29) is 30.2 Å². The van der Waals surface area contributed by atoms with Gasteiger partial charge in [-0.1, -0.05) is 46.8 Å². The molecule has 206 valence electrons. The lowest BCUT2D eigenvalue weighted by atomic mass is 9.80. The molecule has 2 amide bonds. The minimum Gasteiger partial charge on any atom is -0.423 e. The Morgan fingerprint density at radius 1 is 0.889 bits per heavy atom. The number of anilines is 1. The highest BCUT2D eigenvalue weighted by Gasteiger charge is 2.29. The third-order valence-corrected chi connectivity index (χ3v) is 5.24. The lowest BCUT2D eigenvalue weighted by Crippen LogP contribution is -2.48. The van der Waals surface area contributed by atoms with Crippen molar-refractivity contribution >= 4 is 30.1 Å². The van der Waals surface area contributed by atoms with Crippen LogP contribution >= 0.6 is 0 Å². The molecule has 0 saturated carbocycles. The van der Waals surface area contributed by atoms with Crippen molar-refractivity contribution in [1.29, 1.82) is 0 Å². The molecule has 4 unspecified atom stereocenters. The van der Waals surface area contributed by atoms with Crippen LogP contribution in [0.25, 0.3) is 0 Å². The zero-order valence-electron chi connectivity index (χ0n) is 21.9. The molecule has 1 aromatic rings. The number of hydrogen-bond donors (Lipinski definition) is 9. The summed E-state index contributed by atoms with van der Waals surface area (Å²) in [5.41, 5.74) is 0.927.